The van der Waals surface area contributed by atoms with Crippen LogP contribution in [0.5, 0.6) is 5.75 Å². The average Bonchev–Trinajstić information content (AvgIpc) is 2.76. The standard InChI is InChI=1S/C15H24N2O.ClH/c1-12(2)18-15-7-3-5-13(9-15)11-17-8-4-6-14(17)10-16;/h3,5,7,9,12,14H,4,6,8,10-11,16H2,1-2H3;1H. The number of halogens is 1. The fraction of sp³-hybridized carbons (Fsp3) is 0.600. The van der Waals surface area contributed by atoms with Gasteiger partial charge >= 0.3 is 0 Å². The molecule has 1 atom stereocenters. The molecule has 0 bridgehead atoms. The van der Waals surface area contributed by atoms with Crippen LogP contribution in [0.3, 0.4) is 0 Å². The number of likely N-dealkylation sites (tertiary alicyclic amines) is 1. The normalized spacial score (nSPS) is 19.5. The van der Waals surface area contributed by atoms with Crippen molar-refractivity contribution in [3.8, 4) is 5.75 Å². The van der Waals surface area contributed by atoms with Gasteiger partial charge < -0.3 is 10.5 Å². The summed E-state index contributed by atoms with van der Waals surface area (Å²) in [5, 5.41) is 0. The molecule has 3 nitrogen and oxygen atoms in total. The van der Waals surface area contributed by atoms with Gasteiger partial charge in [0.25, 0.3) is 0 Å². The lowest BCUT2D eigenvalue weighted by molar-refractivity contribution is 0.238. The van der Waals surface area contributed by atoms with Crippen LogP contribution >= 0.6 is 12.4 Å². The van der Waals surface area contributed by atoms with Crippen LogP contribution in [0.2, 0.25) is 0 Å². The first-order valence-electron chi connectivity index (χ1n) is 6.88. The molecule has 19 heavy (non-hydrogen) atoms. The number of nitrogens with two attached hydrogens (primary N) is 1. The maximum absolute atomic E-state index is 5.81. The Morgan fingerprint density at radius 3 is 2.89 bits per heavy atom. The van der Waals surface area contributed by atoms with Gasteiger partial charge in [-0.15, -0.1) is 12.4 Å². The van der Waals surface area contributed by atoms with Gasteiger partial charge in [0, 0.05) is 19.1 Å². The van der Waals surface area contributed by atoms with Crippen molar-refractivity contribution in [1.82, 2.24) is 4.90 Å². The van der Waals surface area contributed by atoms with Crippen molar-refractivity contribution < 1.29 is 4.74 Å². The van der Waals surface area contributed by atoms with Gasteiger partial charge in [-0.25, -0.2) is 0 Å². The molecule has 0 amide bonds. The predicted molar refractivity (Wildman–Crippen MR) is 81.9 cm³/mol. The van der Waals surface area contributed by atoms with Crippen LogP contribution in [0.1, 0.15) is 32.3 Å². The van der Waals surface area contributed by atoms with Crippen molar-refractivity contribution in [3.05, 3.63) is 29.8 Å². The fourth-order valence-corrected chi connectivity index (χ4v) is 2.59. The zero-order valence-corrected chi connectivity index (χ0v) is 12.7. The van der Waals surface area contributed by atoms with Gasteiger partial charge in [-0.05, 0) is 50.9 Å². The summed E-state index contributed by atoms with van der Waals surface area (Å²) < 4.78 is 5.73. The fourth-order valence-electron chi connectivity index (χ4n) is 2.59. The van der Waals surface area contributed by atoms with E-state index >= 15 is 0 Å². The van der Waals surface area contributed by atoms with Crippen molar-refractivity contribution in [3.63, 3.8) is 0 Å². The van der Waals surface area contributed by atoms with Crippen LogP contribution in [0.4, 0.5) is 0 Å². The molecule has 0 saturated carbocycles. The SMILES string of the molecule is CC(C)Oc1cccc(CN2CCCC2CN)c1.Cl. The maximum Gasteiger partial charge on any atom is 0.120 e. The number of benzene rings is 1. The van der Waals surface area contributed by atoms with E-state index < -0.39 is 0 Å². The third kappa shape index (κ3) is 4.68. The van der Waals surface area contributed by atoms with Gasteiger partial charge in [-0.3, -0.25) is 4.90 Å². The van der Waals surface area contributed by atoms with Gasteiger partial charge in [-0.2, -0.15) is 0 Å². The Kier molecular flexibility index (Phi) is 6.63. The van der Waals surface area contributed by atoms with Crippen molar-refractivity contribution in [1.29, 1.82) is 0 Å². The molecule has 1 fully saturated rings. The molecule has 1 heterocycles. The topological polar surface area (TPSA) is 38.5 Å². The van der Waals surface area contributed by atoms with Crippen molar-refractivity contribution in [2.75, 3.05) is 13.1 Å². The Balaban J connectivity index is 0.00000180. The Hall–Kier alpha value is -0.770. The zero-order chi connectivity index (χ0) is 13.0. The molecule has 1 aliphatic heterocycles. The van der Waals surface area contributed by atoms with Gasteiger partial charge in [0.1, 0.15) is 5.75 Å². The van der Waals surface area contributed by atoms with E-state index in [2.05, 4.69) is 36.9 Å². The molecule has 1 unspecified atom stereocenters. The van der Waals surface area contributed by atoms with Crippen LogP contribution in [-0.4, -0.2) is 30.1 Å². The lowest BCUT2D eigenvalue weighted by Crippen LogP contribution is -2.34. The van der Waals surface area contributed by atoms with E-state index in [1.807, 2.05) is 6.07 Å². The van der Waals surface area contributed by atoms with Crippen molar-refractivity contribution >= 4 is 12.4 Å². The second kappa shape index (κ2) is 7.73. The molecule has 0 aromatic heterocycles. The Bertz CT molecular complexity index is 384. The summed E-state index contributed by atoms with van der Waals surface area (Å²) in [7, 11) is 0. The maximum atomic E-state index is 5.81. The summed E-state index contributed by atoms with van der Waals surface area (Å²) in [5.41, 5.74) is 7.12. The molecule has 2 N–H and O–H groups in total. The largest absolute Gasteiger partial charge is 0.491 e. The first-order chi connectivity index (χ1) is 8.69. The van der Waals surface area contributed by atoms with Gasteiger partial charge in [-0.1, -0.05) is 12.1 Å². The minimum Gasteiger partial charge on any atom is -0.491 e. The summed E-state index contributed by atoms with van der Waals surface area (Å²) in [6, 6.07) is 8.96. The number of hydrogen-bond acceptors (Lipinski definition) is 3. The Morgan fingerprint density at radius 1 is 1.42 bits per heavy atom. The average molecular weight is 285 g/mol. The Morgan fingerprint density at radius 2 is 2.21 bits per heavy atom. The van der Waals surface area contributed by atoms with Crippen LogP contribution in [0.15, 0.2) is 24.3 Å². The number of nitrogens with zero attached hydrogens (tertiary/aromatic N) is 1. The first kappa shape index (κ1) is 16.3. The van der Waals surface area contributed by atoms with Crippen LogP contribution < -0.4 is 10.5 Å². The van der Waals surface area contributed by atoms with E-state index in [1.165, 1.54) is 18.4 Å². The highest BCUT2D eigenvalue weighted by Crippen LogP contribution is 2.21. The van der Waals surface area contributed by atoms with Gasteiger partial charge in [0.05, 0.1) is 6.10 Å². The van der Waals surface area contributed by atoms with Crippen LogP contribution in [0, 0.1) is 0 Å². The minimum atomic E-state index is 0. The third-order valence-electron chi connectivity index (χ3n) is 3.43. The summed E-state index contributed by atoms with van der Waals surface area (Å²) in [6.07, 6.45) is 2.73. The molecular formula is C15H25ClN2O. The summed E-state index contributed by atoms with van der Waals surface area (Å²) in [4.78, 5) is 2.48. The molecule has 2 rings (SSSR count). The molecule has 0 spiro atoms. The van der Waals surface area contributed by atoms with E-state index in [9.17, 15) is 0 Å². The summed E-state index contributed by atoms with van der Waals surface area (Å²) >= 11 is 0. The lowest BCUT2D eigenvalue weighted by Gasteiger charge is -2.23. The molecule has 1 aliphatic rings. The highest BCUT2D eigenvalue weighted by molar-refractivity contribution is 5.85. The van der Waals surface area contributed by atoms with Crippen molar-refractivity contribution in [2.24, 2.45) is 5.73 Å². The molecule has 108 valence electrons. The van der Waals surface area contributed by atoms with E-state index in [1.54, 1.807) is 0 Å². The lowest BCUT2D eigenvalue weighted by atomic mass is 10.1. The number of rotatable bonds is 5. The quantitative estimate of drug-likeness (QED) is 0.904. The third-order valence-corrected chi connectivity index (χ3v) is 3.43. The summed E-state index contributed by atoms with van der Waals surface area (Å²) in [5.74, 6) is 0.964. The highest BCUT2D eigenvalue weighted by Gasteiger charge is 2.22. The summed E-state index contributed by atoms with van der Waals surface area (Å²) in [6.45, 7) is 7.02. The zero-order valence-electron chi connectivity index (χ0n) is 11.8. The predicted octanol–water partition coefficient (Wildman–Crippen LogP) is 2.82. The molecule has 4 heteroatoms. The molecule has 0 aliphatic carbocycles. The van der Waals surface area contributed by atoms with E-state index in [0.717, 1.165) is 25.4 Å². The minimum absolute atomic E-state index is 0. The monoisotopic (exact) mass is 284 g/mol. The molecule has 0 radical (unpaired) electrons. The van der Waals surface area contributed by atoms with Crippen LogP contribution in [-0.2, 0) is 6.54 Å². The Labute approximate surface area is 122 Å². The van der Waals surface area contributed by atoms with E-state index in [-0.39, 0.29) is 18.5 Å². The smallest absolute Gasteiger partial charge is 0.120 e. The molecule has 1 aromatic carbocycles. The van der Waals surface area contributed by atoms with Gasteiger partial charge in [0.2, 0.25) is 0 Å². The first-order valence-corrected chi connectivity index (χ1v) is 6.88. The van der Waals surface area contributed by atoms with Crippen molar-refractivity contribution in [2.45, 2.75) is 45.4 Å². The van der Waals surface area contributed by atoms with E-state index in [4.69, 9.17) is 10.5 Å². The second-order valence-corrected chi connectivity index (χ2v) is 5.32. The second-order valence-electron chi connectivity index (χ2n) is 5.32. The highest BCUT2D eigenvalue weighted by atomic mass is 35.5. The van der Waals surface area contributed by atoms with Crippen LogP contribution in [0.25, 0.3) is 0 Å². The van der Waals surface area contributed by atoms with E-state index in [0.29, 0.717) is 6.04 Å². The number of ether oxygens (including phenoxy) is 1. The molecule has 1 saturated heterocycles. The molecular weight excluding hydrogens is 260 g/mol. The molecule has 1 aromatic rings. The van der Waals surface area contributed by atoms with Gasteiger partial charge in [0.15, 0.2) is 0 Å². The number of hydrogen-bond donors (Lipinski definition) is 1.